The molecule has 10 heteroatoms. The molecule has 1 aliphatic rings. The van der Waals surface area contributed by atoms with Crippen molar-refractivity contribution in [3.8, 4) is 5.75 Å². The third-order valence-corrected chi connectivity index (χ3v) is 2.84. The van der Waals surface area contributed by atoms with E-state index in [4.69, 9.17) is 4.74 Å². The highest BCUT2D eigenvalue weighted by atomic mass is 16.6. The lowest BCUT2D eigenvalue weighted by molar-refractivity contribution is -0.384. The van der Waals surface area contributed by atoms with E-state index in [1.54, 1.807) is 0 Å². The highest BCUT2D eigenvalue weighted by molar-refractivity contribution is 5.96. The zero-order valence-corrected chi connectivity index (χ0v) is 10.6. The van der Waals surface area contributed by atoms with Crippen molar-refractivity contribution in [3.05, 3.63) is 34.4 Å². The molecule has 0 fully saturated rings. The first-order chi connectivity index (χ1) is 10.1. The number of nitro groups is 1. The Balaban J connectivity index is 1.91. The Morgan fingerprint density at radius 2 is 2.33 bits per heavy atom. The third-order valence-electron chi connectivity index (χ3n) is 2.84. The Hall–Kier alpha value is -3.17. The van der Waals surface area contributed by atoms with E-state index in [2.05, 4.69) is 25.8 Å². The van der Waals surface area contributed by atoms with E-state index in [0.717, 1.165) is 0 Å². The van der Waals surface area contributed by atoms with Crippen LogP contribution < -0.4 is 15.4 Å². The molecule has 0 saturated heterocycles. The zero-order chi connectivity index (χ0) is 14.8. The molecule has 10 nitrogen and oxygen atoms in total. The summed E-state index contributed by atoms with van der Waals surface area (Å²) < 4.78 is 5.16. The van der Waals surface area contributed by atoms with Gasteiger partial charge >= 0.3 is 0 Å². The first-order valence-electron chi connectivity index (χ1n) is 5.96. The molecule has 0 unspecified atom stereocenters. The minimum atomic E-state index is -0.525. The lowest BCUT2D eigenvalue weighted by Crippen LogP contribution is -2.25. The average molecular weight is 290 g/mol. The van der Waals surface area contributed by atoms with E-state index >= 15 is 0 Å². The molecular formula is C11H10N6O4. The largest absolute Gasteiger partial charge is 0.481 e. The van der Waals surface area contributed by atoms with Crippen molar-refractivity contribution in [1.29, 1.82) is 0 Å². The van der Waals surface area contributed by atoms with Gasteiger partial charge in [0.15, 0.2) is 12.4 Å². The minimum absolute atomic E-state index is 0.149. The number of H-pyrrole nitrogens is 1. The summed E-state index contributed by atoms with van der Waals surface area (Å²) in [5.74, 6) is 0.492. The van der Waals surface area contributed by atoms with Crippen molar-refractivity contribution in [2.24, 2.45) is 0 Å². The number of benzene rings is 1. The molecule has 3 rings (SSSR count). The number of rotatable bonds is 4. The van der Waals surface area contributed by atoms with E-state index in [1.165, 1.54) is 18.5 Å². The molecule has 21 heavy (non-hydrogen) atoms. The number of amides is 1. The van der Waals surface area contributed by atoms with Crippen LogP contribution >= 0.6 is 0 Å². The molecule has 1 aromatic carbocycles. The summed E-state index contributed by atoms with van der Waals surface area (Å²) in [5, 5.41) is 22.9. The van der Waals surface area contributed by atoms with E-state index in [9.17, 15) is 14.9 Å². The van der Waals surface area contributed by atoms with Crippen molar-refractivity contribution < 1.29 is 14.5 Å². The van der Waals surface area contributed by atoms with Crippen molar-refractivity contribution in [3.63, 3.8) is 0 Å². The van der Waals surface area contributed by atoms with Crippen molar-refractivity contribution >= 4 is 23.0 Å². The van der Waals surface area contributed by atoms with E-state index < -0.39 is 4.92 Å². The summed E-state index contributed by atoms with van der Waals surface area (Å²) in [6.07, 6.45) is 1.34. The Morgan fingerprint density at radius 3 is 3.05 bits per heavy atom. The van der Waals surface area contributed by atoms with Gasteiger partial charge < -0.3 is 15.4 Å². The summed E-state index contributed by atoms with van der Waals surface area (Å²) >= 11 is 0. The quantitative estimate of drug-likeness (QED) is 0.555. The first-order valence-corrected chi connectivity index (χ1v) is 5.96. The van der Waals surface area contributed by atoms with Crippen LogP contribution in [0.4, 0.5) is 17.1 Å². The molecule has 1 aromatic heterocycles. The van der Waals surface area contributed by atoms with Gasteiger partial charge in [-0.3, -0.25) is 20.0 Å². The monoisotopic (exact) mass is 290 g/mol. The number of hydrogen-bond donors (Lipinski definition) is 3. The van der Waals surface area contributed by atoms with Crippen LogP contribution in [0.1, 0.15) is 5.82 Å². The number of hydrogen-bond acceptors (Lipinski definition) is 7. The van der Waals surface area contributed by atoms with Gasteiger partial charge in [0.05, 0.1) is 23.2 Å². The van der Waals surface area contributed by atoms with Gasteiger partial charge in [0.1, 0.15) is 17.8 Å². The van der Waals surface area contributed by atoms with Gasteiger partial charge in [-0.2, -0.15) is 5.10 Å². The second-order valence-electron chi connectivity index (χ2n) is 4.25. The summed E-state index contributed by atoms with van der Waals surface area (Å²) in [5.41, 5.74) is 0.488. The molecule has 1 aliphatic heterocycles. The van der Waals surface area contributed by atoms with Crippen LogP contribution in [-0.4, -0.2) is 32.6 Å². The fourth-order valence-electron chi connectivity index (χ4n) is 1.90. The van der Waals surface area contributed by atoms with Crippen LogP contribution in [0.5, 0.6) is 5.75 Å². The second-order valence-corrected chi connectivity index (χ2v) is 4.25. The zero-order valence-electron chi connectivity index (χ0n) is 10.6. The van der Waals surface area contributed by atoms with Gasteiger partial charge in [0, 0.05) is 0 Å². The Morgan fingerprint density at radius 1 is 1.48 bits per heavy atom. The smallest absolute Gasteiger partial charge is 0.296 e. The lowest BCUT2D eigenvalue weighted by Gasteiger charge is -2.18. The maximum atomic E-state index is 11.3. The van der Waals surface area contributed by atoms with Gasteiger partial charge in [-0.05, 0) is 6.07 Å². The number of aromatic amines is 1. The van der Waals surface area contributed by atoms with E-state index in [0.29, 0.717) is 11.5 Å². The Bertz CT molecular complexity index is 699. The summed E-state index contributed by atoms with van der Waals surface area (Å²) in [7, 11) is 0. The van der Waals surface area contributed by atoms with Crippen LogP contribution in [0.15, 0.2) is 18.5 Å². The highest BCUT2D eigenvalue weighted by Crippen LogP contribution is 2.37. The number of carbonyl (C=O) groups is 1. The number of anilines is 2. The number of nitro benzene ring substituents is 1. The minimum Gasteiger partial charge on any atom is -0.481 e. The van der Waals surface area contributed by atoms with Crippen LogP contribution in [0.25, 0.3) is 0 Å². The van der Waals surface area contributed by atoms with Crippen LogP contribution in [0, 0.1) is 10.1 Å². The van der Waals surface area contributed by atoms with Gasteiger partial charge in [-0.25, -0.2) is 4.98 Å². The van der Waals surface area contributed by atoms with Crippen molar-refractivity contribution in [2.75, 3.05) is 17.2 Å². The summed E-state index contributed by atoms with van der Waals surface area (Å²) in [4.78, 5) is 25.8. The number of nitrogens with one attached hydrogen (secondary N) is 3. The highest BCUT2D eigenvalue weighted by Gasteiger charge is 2.23. The number of nitrogens with zero attached hydrogens (tertiary/aromatic N) is 3. The molecule has 0 saturated carbocycles. The molecule has 1 amide bonds. The van der Waals surface area contributed by atoms with Crippen molar-refractivity contribution in [2.45, 2.75) is 6.54 Å². The van der Waals surface area contributed by atoms with Gasteiger partial charge in [-0.1, -0.05) is 0 Å². The number of fused-ring (bicyclic) bond motifs is 1. The summed E-state index contributed by atoms with van der Waals surface area (Å²) in [6, 6.07) is 2.73. The van der Waals surface area contributed by atoms with Crippen LogP contribution in [-0.2, 0) is 11.3 Å². The second kappa shape index (κ2) is 5.07. The average Bonchev–Trinajstić information content (AvgIpc) is 2.97. The Labute approximate surface area is 117 Å². The fraction of sp³-hybridized carbons (Fsp3) is 0.182. The molecule has 0 spiro atoms. The van der Waals surface area contributed by atoms with Gasteiger partial charge in [0.25, 0.3) is 11.6 Å². The van der Waals surface area contributed by atoms with Crippen molar-refractivity contribution in [1.82, 2.24) is 15.2 Å². The fourth-order valence-corrected chi connectivity index (χ4v) is 1.90. The van der Waals surface area contributed by atoms with E-state index in [1.807, 2.05) is 0 Å². The maximum Gasteiger partial charge on any atom is 0.296 e. The Kier molecular flexibility index (Phi) is 3.10. The van der Waals surface area contributed by atoms with Gasteiger partial charge in [0.2, 0.25) is 0 Å². The van der Waals surface area contributed by atoms with Crippen LogP contribution in [0.2, 0.25) is 0 Å². The molecule has 0 bridgehead atoms. The third kappa shape index (κ3) is 2.59. The molecule has 108 valence electrons. The van der Waals surface area contributed by atoms with Crippen LogP contribution in [0.3, 0.4) is 0 Å². The number of ether oxygens (including phenoxy) is 1. The maximum absolute atomic E-state index is 11.3. The lowest BCUT2D eigenvalue weighted by atomic mass is 10.2. The predicted molar refractivity (Wildman–Crippen MR) is 70.9 cm³/mol. The molecule has 3 N–H and O–H groups in total. The number of carbonyl (C=O) groups excluding carboxylic acids is 1. The molecule has 0 atom stereocenters. The topological polar surface area (TPSA) is 135 Å². The predicted octanol–water partition coefficient (Wildman–Crippen LogP) is 0.656. The number of aromatic nitrogens is 3. The SMILES string of the molecule is O=C1COc2cc([N+](=O)[O-])c(NCc3ncn[nH]3)cc2N1. The van der Waals surface area contributed by atoms with E-state index in [-0.39, 0.29) is 36.2 Å². The molecule has 0 radical (unpaired) electrons. The molecule has 0 aliphatic carbocycles. The first kappa shape index (κ1) is 12.8. The molecule has 2 aromatic rings. The molecule has 2 heterocycles. The molecular weight excluding hydrogens is 280 g/mol. The normalized spacial score (nSPS) is 13.0. The summed E-state index contributed by atoms with van der Waals surface area (Å²) in [6.45, 7) is 0.0728. The standard InChI is InChI=1S/C11H10N6O4/c18-11-4-21-9-2-8(17(19)20)6(1-7(9)15-11)12-3-10-13-5-14-16-10/h1-2,5,12H,3-4H2,(H,15,18)(H,13,14,16). The van der Waals surface area contributed by atoms with Gasteiger partial charge in [-0.15, -0.1) is 0 Å².